The second kappa shape index (κ2) is 5.21. The molecule has 1 aromatic carbocycles. The van der Waals surface area contributed by atoms with Crippen molar-refractivity contribution in [1.82, 2.24) is 19.7 Å². The van der Waals surface area contributed by atoms with E-state index >= 15 is 0 Å². The van der Waals surface area contributed by atoms with Crippen molar-refractivity contribution >= 4 is 16.9 Å². The van der Waals surface area contributed by atoms with Crippen molar-refractivity contribution in [3.63, 3.8) is 0 Å². The van der Waals surface area contributed by atoms with Gasteiger partial charge in [0.1, 0.15) is 11.6 Å². The molecule has 2 heterocycles. The smallest absolute Gasteiger partial charge is 0.168 e. The maximum Gasteiger partial charge on any atom is 0.168 e. The van der Waals surface area contributed by atoms with Crippen molar-refractivity contribution < 1.29 is 0 Å². The molecule has 0 fully saturated rings. The second-order valence-electron chi connectivity index (χ2n) is 4.61. The quantitative estimate of drug-likeness (QED) is 0.796. The number of aromatic nitrogens is 4. The van der Waals surface area contributed by atoms with E-state index in [1.165, 1.54) is 0 Å². The van der Waals surface area contributed by atoms with Gasteiger partial charge in [0.05, 0.1) is 28.9 Å². The summed E-state index contributed by atoms with van der Waals surface area (Å²) in [4.78, 5) is 8.88. The molecular formula is C15H14N6. The van der Waals surface area contributed by atoms with Gasteiger partial charge in [-0.3, -0.25) is 0 Å². The summed E-state index contributed by atoms with van der Waals surface area (Å²) >= 11 is 0. The average Bonchev–Trinajstić information content (AvgIpc) is 2.91. The maximum atomic E-state index is 9.02. The Hall–Kier alpha value is -2.94. The third-order valence-corrected chi connectivity index (χ3v) is 3.10. The Labute approximate surface area is 122 Å². The number of anilines is 1. The fourth-order valence-electron chi connectivity index (χ4n) is 2.22. The standard InChI is InChI=1S/C15H14N6/c1-3-17-14-13-9-18-21(15(13)20-10(2)19-14)12-6-4-5-11(7-12)8-16/h4-7,9H,3H2,1-2H3,(H,17,19,20). The zero-order valence-corrected chi connectivity index (χ0v) is 11.8. The fraction of sp³-hybridized carbons (Fsp3) is 0.200. The highest BCUT2D eigenvalue weighted by atomic mass is 15.3. The Morgan fingerprint density at radius 2 is 2.19 bits per heavy atom. The number of benzene rings is 1. The first-order chi connectivity index (χ1) is 10.2. The molecule has 0 spiro atoms. The van der Waals surface area contributed by atoms with E-state index in [-0.39, 0.29) is 0 Å². The van der Waals surface area contributed by atoms with Crippen LogP contribution in [0, 0.1) is 18.3 Å². The highest BCUT2D eigenvalue weighted by molar-refractivity contribution is 5.87. The number of aryl methyl sites for hydroxylation is 1. The number of fused-ring (bicyclic) bond motifs is 1. The zero-order valence-electron chi connectivity index (χ0n) is 11.8. The number of rotatable bonds is 3. The molecule has 1 N–H and O–H groups in total. The van der Waals surface area contributed by atoms with E-state index in [0.717, 1.165) is 29.1 Å². The van der Waals surface area contributed by atoms with Crippen LogP contribution in [0.25, 0.3) is 16.7 Å². The second-order valence-corrected chi connectivity index (χ2v) is 4.61. The summed E-state index contributed by atoms with van der Waals surface area (Å²) in [5.41, 5.74) is 2.13. The first-order valence-electron chi connectivity index (χ1n) is 6.69. The van der Waals surface area contributed by atoms with Gasteiger partial charge in [-0.1, -0.05) is 6.07 Å². The third-order valence-electron chi connectivity index (χ3n) is 3.10. The Morgan fingerprint density at radius 3 is 2.95 bits per heavy atom. The predicted octanol–water partition coefficient (Wildman–Crippen LogP) is 2.43. The van der Waals surface area contributed by atoms with E-state index in [1.807, 2.05) is 26.0 Å². The molecule has 0 saturated heterocycles. The van der Waals surface area contributed by atoms with E-state index in [1.54, 1.807) is 23.0 Å². The molecule has 104 valence electrons. The number of hydrogen-bond donors (Lipinski definition) is 1. The van der Waals surface area contributed by atoms with Gasteiger partial charge in [0.15, 0.2) is 5.65 Å². The molecule has 0 aliphatic heterocycles. The van der Waals surface area contributed by atoms with Crippen LogP contribution in [-0.4, -0.2) is 26.3 Å². The van der Waals surface area contributed by atoms with Gasteiger partial charge in [0.25, 0.3) is 0 Å². The minimum absolute atomic E-state index is 0.592. The third kappa shape index (κ3) is 2.30. The van der Waals surface area contributed by atoms with Gasteiger partial charge in [-0.15, -0.1) is 0 Å². The largest absolute Gasteiger partial charge is 0.370 e. The molecule has 0 aliphatic carbocycles. The van der Waals surface area contributed by atoms with Crippen molar-refractivity contribution in [2.75, 3.05) is 11.9 Å². The molecule has 0 amide bonds. The Balaban J connectivity index is 2.22. The van der Waals surface area contributed by atoms with Crippen LogP contribution in [-0.2, 0) is 0 Å². The molecule has 6 heteroatoms. The van der Waals surface area contributed by atoms with Crippen molar-refractivity contribution in [3.8, 4) is 11.8 Å². The highest BCUT2D eigenvalue weighted by Gasteiger charge is 2.12. The van der Waals surface area contributed by atoms with Crippen LogP contribution in [0.2, 0.25) is 0 Å². The number of nitrogens with one attached hydrogen (secondary N) is 1. The van der Waals surface area contributed by atoms with Gasteiger partial charge < -0.3 is 5.32 Å². The lowest BCUT2D eigenvalue weighted by Gasteiger charge is -2.06. The van der Waals surface area contributed by atoms with Gasteiger partial charge in [-0.25, -0.2) is 14.6 Å². The Bertz CT molecular complexity index is 843. The topological polar surface area (TPSA) is 79.4 Å². The summed E-state index contributed by atoms with van der Waals surface area (Å²) in [6, 6.07) is 9.42. The first kappa shape index (κ1) is 13.1. The van der Waals surface area contributed by atoms with Crippen molar-refractivity contribution in [1.29, 1.82) is 5.26 Å². The Kier molecular flexibility index (Phi) is 3.24. The van der Waals surface area contributed by atoms with E-state index in [9.17, 15) is 0 Å². The van der Waals surface area contributed by atoms with Gasteiger partial charge in [0, 0.05) is 6.54 Å². The van der Waals surface area contributed by atoms with Gasteiger partial charge in [-0.2, -0.15) is 10.4 Å². The van der Waals surface area contributed by atoms with Crippen molar-refractivity contribution in [2.24, 2.45) is 0 Å². The lowest BCUT2D eigenvalue weighted by Crippen LogP contribution is -2.04. The lowest BCUT2D eigenvalue weighted by molar-refractivity contribution is 0.889. The summed E-state index contributed by atoms with van der Waals surface area (Å²) < 4.78 is 1.73. The molecular weight excluding hydrogens is 264 g/mol. The van der Waals surface area contributed by atoms with Gasteiger partial charge >= 0.3 is 0 Å². The van der Waals surface area contributed by atoms with Crippen LogP contribution >= 0.6 is 0 Å². The molecule has 6 nitrogen and oxygen atoms in total. The molecule has 0 radical (unpaired) electrons. The van der Waals surface area contributed by atoms with E-state index < -0.39 is 0 Å². The lowest BCUT2D eigenvalue weighted by atomic mass is 10.2. The molecule has 2 aromatic heterocycles. The minimum atomic E-state index is 0.592. The zero-order chi connectivity index (χ0) is 14.8. The minimum Gasteiger partial charge on any atom is -0.370 e. The summed E-state index contributed by atoms with van der Waals surface area (Å²) in [5, 5.41) is 17.5. The first-order valence-corrected chi connectivity index (χ1v) is 6.69. The SMILES string of the molecule is CCNc1nc(C)nc2c1cnn2-c1cccc(C#N)c1. The van der Waals surface area contributed by atoms with Crippen LogP contribution in [0.4, 0.5) is 5.82 Å². The summed E-state index contributed by atoms with van der Waals surface area (Å²) in [5.74, 6) is 1.46. The molecule has 0 saturated carbocycles. The van der Waals surface area contributed by atoms with Crippen molar-refractivity contribution in [3.05, 3.63) is 41.9 Å². The molecule has 0 bridgehead atoms. The fourth-order valence-corrected chi connectivity index (χ4v) is 2.22. The molecule has 0 aliphatic rings. The van der Waals surface area contributed by atoms with Crippen LogP contribution in [0.3, 0.4) is 0 Å². The van der Waals surface area contributed by atoms with E-state index in [4.69, 9.17) is 5.26 Å². The monoisotopic (exact) mass is 278 g/mol. The van der Waals surface area contributed by atoms with Crippen LogP contribution in [0.15, 0.2) is 30.5 Å². The van der Waals surface area contributed by atoms with E-state index in [2.05, 4.69) is 26.5 Å². The molecule has 0 atom stereocenters. The molecule has 21 heavy (non-hydrogen) atoms. The van der Waals surface area contributed by atoms with Crippen LogP contribution < -0.4 is 5.32 Å². The van der Waals surface area contributed by atoms with Gasteiger partial charge in [-0.05, 0) is 32.0 Å². The molecule has 3 rings (SSSR count). The number of hydrogen-bond acceptors (Lipinski definition) is 5. The van der Waals surface area contributed by atoms with E-state index in [0.29, 0.717) is 11.4 Å². The maximum absolute atomic E-state index is 9.02. The highest BCUT2D eigenvalue weighted by Crippen LogP contribution is 2.22. The summed E-state index contributed by atoms with van der Waals surface area (Å²) in [7, 11) is 0. The van der Waals surface area contributed by atoms with Crippen LogP contribution in [0.5, 0.6) is 0 Å². The average molecular weight is 278 g/mol. The number of nitriles is 1. The normalized spacial score (nSPS) is 10.5. The number of nitrogens with zero attached hydrogens (tertiary/aromatic N) is 5. The molecule has 0 unspecified atom stereocenters. The molecule has 3 aromatic rings. The van der Waals surface area contributed by atoms with Crippen LogP contribution in [0.1, 0.15) is 18.3 Å². The predicted molar refractivity (Wildman–Crippen MR) is 80.3 cm³/mol. The van der Waals surface area contributed by atoms with Crippen molar-refractivity contribution in [2.45, 2.75) is 13.8 Å². The summed E-state index contributed by atoms with van der Waals surface area (Å²) in [6.07, 6.45) is 1.74. The Morgan fingerprint density at radius 1 is 1.33 bits per heavy atom. The summed E-state index contributed by atoms with van der Waals surface area (Å²) in [6.45, 7) is 4.65. The van der Waals surface area contributed by atoms with Gasteiger partial charge in [0.2, 0.25) is 0 Å².